The Kier molecular flexibility index (Phi) is 5.91. The molecule has 4 atom stereocenters. The van der Waals surface area contributed by atoms with Gasteiger partial charge in [0, 0.05) is 23.2 Å². The zero-order valence-electron chi connectivity index (χ0n) is 16.3. The summed E-state index contributed by atoms with van der Waals surface area (Å²) in [5.41, 5.74) is 1.59. The third-order valence-electron chi connectivity index (χ3n) is 6.10. The van der Waals surface area contributed by atoms with Gasteiger partial charge < -0.3 is 30.3 Å². The predicted octanol–water partition coefficient (Wildman–Crippen LogP) is 2.61. The van der Waals surface area contributed by atoms with Crippen molar-refractivity contribution in [3.8, 4) is 5.75 Å². The van der Waals surface area contributed by atoms with Crippen LogP contribution in [0.15, 0.2) is 18.2 Å². The summed E-state index contributed by atoms with van der Waals surface area (Å²) in [5.74, 6) is -0.321. The van der Waals surface area contributed by atoms with Crippen LogP contribution in [0.5, 0.6) is 5.75 Å². The lowest BCUT2D eigenvalue weighted by Crippen LogP contribution is -2.46. The highest BCUT2D eigenvalue weighted by Gasteiger charge is 2.46. The van der Waals surface area contributed by atoms with Gasteiger partial charge >= 0.3 is 12.0 Å². The highest BCUT2D eigenvalue weighted by molar-refractivity contribution is 5.89. The number of benzene rings is 1. The van der Waals surface area contributed by atoms with Crippen LogP contribution in [0.2, 0.25) is 0 Å². The number of carbonyl (C=O) groups is 2. The molecule has 1 aromatic rings. The number of aliphatic hydroxyl groups is 1. The molecule has 1 saturated carbocycles. The number of carboxylic acid groups (broad SMARTS) is 1. The normalized spacial score (nSPS) is 28.7. The SMILES string of the molecule is O=C(O)C[C@@H]1C[C@H]2c3cc(NC(=O)NC4CCCCC4)ccc3O[C@H]2[C@H](CO)O1. The molecule has 3 aliphatic rings. The number of carboxylic acids is 1. The van der Waals surface area contributed by atoms with Gasteiger partial charge in [0.2, 0.25) is 0 Å². The maximum atomic E-state index is 12.4. The second kappa shape index (κ2) is 8.59. The monoisotopic (exact) mass is 404 g/mol. The van der Waals surface area contributed by atoms with Gasteiger partial charge in [0.05, 0.1) is 19.1 Å². The molecule has 4 N–H and O–H groups in total. The first-order valence-corrected chi connectivity index (χ1v) is 10.4. The Hall–Kier alpha value is -2.32. The number of urea groups is 1. The predicted molar refractivity (Wildman–Crippen MR) is 105 cm³/mol. The van der Waals surface area contributed by atoms with E-state index in [1.165, 1.54) is 6.42 Å². The van der Waals surface area contributed by atoms with Crippen molar-refractivity contribution in [2.75, 3.05) is 11.9 Å². The van der Waals surface area contributed by atoms with Gasteiger partial charge in [-0.1, -0.05) is 19.3 Å². The number of aliphatic carboxylic acids is 1. The molecule has 0 unspecified atom stereocenters. The second-order valence-electron chi connectivity index (χ2n) is 8.19. The molecule has 0 radical (unpaired) electrons. The molecule has 2 amide bonds. The van der Waals surface area contributed by atoms with Crippen LogP contribution in [0.3, 0.4) is 0 Å². The van der Waals surface area contributed by atoms with E-state index in [0.29, 0.717) is 17.9 Å². The molecule has 2 fully saturated rings. The standard InChI is InChI=1S/C21H28N2O6/c24-11-18-20-16(9-14(28-18)10-19(25)26)15-8-13(6-7-17(15)29-20)23-21(27)22-12-4-2-1-3-5-12/h6-8,12,14,16,18,20,24H,1-5,9-11H2,(H,25,26)(H2,22,23,27)/t14-,16-,18-,20+/m0/s1. The molecule has 0 bridgehead atoms. The first-order valence-electron chi connectivity index (χ1n) is 10.4. The molecule has 1 aromatic carbocycles. The van der Waals surface area contributed by atoms with Crippen LogP contribution in [0.4, 0.5) is 10.5 Å². The molecule has 2 heterocycles. The zero-order valence-corrected chi connectivity index (χ0v) is 16.3. The molecular formula is C21H28N2O6. The Morgan fingerprint density at radius 1 is 1.17 bits per heavy atom. The summed E-state index contributed by atoms with van der Waals surface area (Å²) in [6.07, 6.45) is 4.54. The molecule has 2 aliphatic heterocycles. The minimum absolute atomic E-state index is 0.0802. The number of fused-ring (bicyclic) bond motifs is 3. The number of ether oxygens (including phenoxy) is 2. The molecule has 4 rings (SSSR count). The first kappa shape index (κ1) is 20.0. The van der Waals surface area contributed by atoms with Crippen molar-refractivity contribution in [2.45, 2.75) is 75.2 Å². The summed E-state index contributed by atoms with van der Waals surface area (Å²) >= 11 is 0. The average Bonchev–Trinajstić information content (AvgIpc) is 3.05. The van der Waals surface area contributed by atoms with Gasteiger partial charge in [-0.05, 0) is 37.5 Å². The fourth-order valence-corrected chi connectivity index (χ4v) is 4.76. The molecule has 0 aromatic heterocycles. The minimum Gasteiger partial charge on any atom is -0.487 e. The first-order chi connectivity index (χ1) is 14.0. The Morgan fingerprint density at radius 2 is 1.97 bits per heavy atom. The summed E-state index contributed by atoms with van der Waals surface area (Å²) < 4.78 is 11.7. The van der Waals surface area contributed by atoms with Gasteiger partial charge in [0.25, 0.3) is 0 Å². The number of nitrogens with one attached hydrogen (secondary N) is 2. The minimum atomic E-state index is -0.931. The Morgan fingerprint density at radius 3 is 2.69 bits per heavy atom. The lowest BCUT2D eigenvalue weighted by Gasteiger charge is -2.36. The van der Waals surface area contributed by atoms with Crippen LogP contribution in [0.25, 0.3) is 0 Å². The van der Waals surface area contributed by atoms with Gasteiger partial charge in [0.1, 0.15) is 18.0 Å². The lowest BCUT2D eigenvalue weighted by molar-refractivity contribution is -0.153. The van der Waals surface area contributed by atoms with E-state index in [1.54, 1.807) is 6.07 Å². The van der Waals surface area contributed by atoms with Gasteiger partial charge in [-0.25, -0.2) is 4.79 Å². The van der Waals surface area contributed by atoms with Gasteiger partial charge in [-0.15, -0.1) is 0 Å². The molecule has 1 saturated heterocycles. The fourth-order valence-electron chi connectivity index (χ4n) is 4.76. The van der Waals surface area contributed by atoms with Gasteiger partial charge in [0.15, 0.2) is 0 Å². The smallest absolute Gasteiger partial charge is 0.319 e. The number of aliphatic hydroxyl groups excluding tert-OH is 1. The molecule has 1 aliphatic carbocycles. The molecule has 158 valence electrons. The van der Waals surface area contributed by atoms with Crippen molar-refractivity contribution >= 4 is 17.7 Å². The van der Waals surface area contributed by atoms with Crippen molar-refractivity contribution < 1.29 is 29.3 Å². The number of carbonyl (C=O) groups excluding carboxylic acids is 1. The lowest BCUT2D eigenvalue weighted by atomic mass is 9.84. The summed E-state index contributed by atoms with van der Waals surface area (Å²) in [7, 11) is 0. The van der Waals surface area contributed by atoms with Crippen LogP contribution in [-0.2, 0) is 9.53 Å². The molecule has 0 spiro atoms. The summed E-state index contributed by atoms with van der Waals surface area (Å²) in [6, 6.07) is 5.50. The van der Waals surface area contributed by atoms with Gasteiger partial charge in [-0.2, -0.15) is 0 Å². The third kappa shape index (κ3) is 4.48. The van der Waals surface area contributed by atoms with Crippen molar-refractivity contribution in [1.29, 1.82) is 0 Å². The summed E-state index contributed by atoms with van der Waals surface area (Å²) in [4.78, 5) is 23.5. The average molecular weight is 404 g/mol. The molecule has 8 heteroatoms. The zero-order chi connectivity index (χ0) is 20.4. The van der Waals surface area contributed by atoms with E-state index < -0.39 is 18.2 Å². The van der Waals surface area contributed by atoms with E-state index in [4.69, 9.17) is 14.6 Å². The van der Waals surface area contributed by atoms with E-state index >= 15 is 0 Å². The van der Waals surface area contributed by atoms with Crippen LogP contribution >= 0.6 is 0 Å². The molecule has 29 heavy (non-hydrogen) atoms. The number of anilines is 1. The number of hydrogen-bond donors (Lipinski definition) is 4. The molecule has 8 nitrogen and oxygen atoms in total. The van der Waals surface area contributed by atoms with Crippen molar-refractivity contribution in [3.63, 3.8) is 0 Å². The van der Waals surface area contributed by atoms with E-state index in [-0.39, 0.29) is 37.1 Å². The largest absolute Gasteiger partial charge is 0.487 e. The number of hydrogen-bond acceptors (Lipinski definition) is 5. The third-order valence-corrected chi connectivity index (χ3v) is 6.10. The van der Waals surface area contributed by atoms with Crippen molar-refractivity contribution in [1.82, 2.24) is 5.32 Å². The number of rotatable bonds is 5. The second-order valence-corrected chi connectivity index (χ2v) is 8.19. The molecular weight excluding hydrogens is 376 g/mol. The van der Waals surface area contributed by atoms with Crippen LogP contribution < -0.4 is 15.4 Å². The number of amides is 2. The quantitative estimate of drug-likeness (QED) is 0.599. The highest BCUT2D eigenvalue weighted by atomic mass is 16.6. The van der Waals surface area contributed by atoms with E-state index in [1.807, 2.05) is 12.1 Å². The van der Waals surface area contributed by atoms with E-state index in [0.717, 1.165) is 31.2 Å². The van der Waals surface area contributed by atoms with Crippen LogP contribution in [0, 0.1) is 0 Å². The van der Waals surface area contributed by atoms with Gasteiger partial charge in [-0.3, -0.25) is 4.79 Å². The Balaban J connectivity index is 1.46. The summed E-state index contributed by atoms with van der Waals surface area (Å²) in [6.45, 7) is -0.236. The maximum absolute atomic E-state index is 12.4. The van der Waals surface area contributed by atoms with Crippen molar-refractivity contribution in [3.05, 3.63) is 23.8 Å². The maximum Gasteiger partial charge on any atom is 0.319 e. The fraction of sp³-hybridized carbons (Fsp3) is 0.619. The van der Waals surface area contributed by atoms with Crippen LogP contribution in [0.1, 0.15) is 56.4 Å². The Labute approximate surface area is 169 Å². The topological polar surface area (TPSA) is 117 Å². The van der Waals surface area contributed by atoms with Crippen LogP contribution in [-0.4, -0.2) is 53.2 Å². The van der Waals surface area contributed by atoms with E-state index in [9.17, 15) is 14.7 Å². The van der Waals surface area contributed by atoms with Crippen molar-refractivity contribution in [2.24, 2.45) is 0 Å². The van der Waals surface area contributed by atoms with E-state index in [2.05, 4.69) is 10.6 Å². The highest BCUT2D eigenvalue weighted by Crippen LogP contribution is 2.47. The Bertz CT molecular complexity index is 764. The summed E-state index contributed by atoms with van der Waals surface area (Å²) in [5, 5.41) is 24.7.